The summed E-state index contributed by atoms with van der Waals surface area (Å²) in [6.07, 6.45) is -1.57. The van der Waals surface area contributed by atoms with Crippen molar-refractivity contribution in [1.29, 1.82) is 0 Å². The van der Waals surface area contributed by atoms with E-state index in [4.69, 9.17) is 0 Å². The maximum absolute atomic E-state index is 13.0. The third-order valence-corrected chi connectivity index (χ3v) is 9.15. The molecule has 0 spiro atoms. The van der Waals surface area contributed by atoms with Crippen molar-refractivity contribution in [2.24, 2.45) is 11.8 Å². The van der Waals surface area contributed by atoms with Gasteiger partial charge in [-0.1, -0.05) is 25.1 Å². The Hall–Kier alpha value is -2.43. The molecule has 6 nitrogen and oxygen atoms in total. The molecule has 1 saturated carbocycles. The Morgan fingerprint density at radius 3 is 2.32 bits per heavy atom. The van der Waals surface area contributed by atoms with Gasteiger partial charge in [-0.25, -0.2) is 13.1 Å². The van der Waals surface area contributed by atoms with Crippen molar-refractivity contribution in [2.75, 3.05) is 13.6 Å². The van der Waals surface area contributed by atoms with Gasteiger partial charge in [0.25, 0.3) is 5.91 Å². The number of carbonyl (C=O) groups is 1. The Balaban J connectivity index is 1.35. The number of hydrogen-bond donors (Lipinski definition) is 2. The summed E-state index contributed by atoms with van der Waals surface area (Å²) < 4.78 is 65.1. The van der Waals surface area contributed by atoms with Crippen molar-refractivity contribution in [2.45, 2.75) is 69.2 Å². The third-order valence-electron chi connectivity index (χ3n) is 7.72. The molecule has 1 fully saturated rings. The zero-order valence-corrected chi connectivity index (χ0v) is 22.0. The Morgan fingerprint density at radius 1 is 1.05 bits per heavy atom. The van der Waals surface area contributed by atoms with Gasteiger partial charge in [-0.05, 0) is 86.0 Å². The SMILES string of the molecule is CC[C@H]1c2ccc(C(=O)NCc3ccc(S(=O)(=O)NC)cc3)cc2CN1CC1CCC(C(F)(F)F)CC1. The molecule has 202 valence electrons. The molecule has 0 radical (unpaired) electrons. The minimum absolute atomic E-state index is 0.159. The number of alkyl halides is 3. The highest BCUT2D eigenvalue weighted by Gasteiger charge is 2.42. The Morgan fingerprint density at radius 2 is 1.73 bits per heavy atom. The lowest BCUT2D eigenvalue weighted by Crippen LogP contribution is -2.33. The van der Waals surface area contributed by atoms with Crippen LogP contribution in [-0.4, -0.2) is 39.0 Å². The molecule has 1 atom stereocenters. The van der Waals surface area contributed by atoms with Gasteiger partial charge in [0.1, 0.15) is 0 Å². The monoisotopic (exact) mass is 537 g/mol. The van der Waals surface area contributed by atoms with Gasteiger partial charge in [0, 0.05) is 31.2 Å². The van der Waals surface area contributed by atoms with E-state index < -0.39 is 22.1 Å². The summed E-state index contributed by atoms with van der Waals surface area (Å²) in [6, 6.07) is 12.3. The predicted molar refractivity (Wildman–Crippen MR) is 135 cm³/mol. The number of sulfonamides is 1. The van der Waals surface area contributed by atoms with E-state index in [0.717, 1.165) is 24.1 Å². The van der Waals surface area contributed by atoms with Crippen molar-refractivity contribution in [3.05, 3.63) is 64.7 Å². The fraction of sp³-hybridized carbons (Fsp3) is 0.519. The predicted octanol–water partition coefficient (Wildman–Crippen LogP) is 5.16. The number of hydrogen-bond acceptors (Lipinski definition) is 4. The van der Waals surface area contributed by atoms with Crippen LogP contribution >= 0.6 is 0 Å². The first kappa shape index (κ1) is 27.6. The molecule has 10 heteroatoms. The molecule has 1 aliphatic heterocycles. The van der Waals surface area contributed by atoms with Gasteiger partial charge in [0.05, 0.1) is 10.8 Å². The van der Waals surface area contributed by atoms with Gasteiger partial charge >= 0.3 is 6.18 Å². The average molecular weight is 538 g/mol. The molecule has 2 aromatic carbocycles. The second-order valence-electron chi connectivity index (χ2n) is 10.1. The third kappa shape index (κ3) is 6.35. The molecule has 0 bridgehead atoms. The lowest BCUT2D eigenvalue weighted by atomic mass is 9.81. The van der Waals surface area contributed by atoms with Crippen LogP contribution in [-0.2, 0) is 23.1 Å². The Labute approximate surface area is 216 Å². The van der Waals surface area contributed by atoms with Crippen LogP contribution in [0.25, 0.3) is 0 Å². The second-order valence-corrected chi connectivity index (χ2v) is 11.9. The molecule has 2 aromatic rings. The molecule has 1 heterocycles. The van der Waals surface area contributed by atoms with E-state index in [0.29, 0.717) is 24.9 Å². The number of nitrogens with one attached hydrogen (secondary N) is 2. The van der Waals surface area contributed by atoms with Gasteiger partial charge in [0.15, 0.2) is 0 Å². The average Bonchev–Trinajstić information content (AvgIpc) is 3.23. The van der Waals surface area contributed by atoms with Crippen LogP contribution in [0.1, 0.15) is 72.1 Å². The Kier molecular flexibility index (Phi) is 8.30. The van der Waals surface area contributed by atoms with Gasteiger partial charge < -0.3 is 5.32 Å². The van der Waals surface area contributed by atoms with Crippen molar-refractivity contribution in [1.82, 2.24) is 14.9 Å². The molecular formula is C27H34F3N3O3S. The molecular weight excluding hydrogens is 503 g/mol. The first-order valence-electron chi connectivity index (χ1n) is 12.8. The quantitative estimate of drug-likeness (QED) is 0.488. The fourth-order valence-corrected chi connectivity index (χ4v) is 6.33. The van der Waals surface area contributed by atoms with E-state index in [1.807, 2.05) is 18.2 Å². The molecule has 0 unspecified atom stereocenters. The highest BCUT2D eigenvalue weighted by molar-refractivity contribution is 7.89. The molecule has 2 N–H and O–H groups in total. The van der Waals surface area contributed by atoms with Crippen molar-refractivity contribution in [3.8, 4) is 0 Å². The van der Waals surface area contributed by atoms with Gasteiger partial charge in [-0.3, -0.25) is 9.69 Å². The summed E-state index contributed by atoms with van der Waals surface area (Å²) >= 11 is 0. The number of halogens is 3. The zero-order valence-electron chi connectivity index (χ0n) is 21.1. The van der Waals surface area contributed by atoms with Crippen molar-refractivity contribution >= 4 is 15.9 Å². The number of benzene rings is 2. The lowest BCUT2D eigenvalue weighted by Gasteiger charge is -2.34. The van der Waals surface area contributed by atoms with Crippen LogP contribution in [0, 0.1) is 11.8 Å². The normalized spacial score (nSPS) is 22.6. The van der Waals surface area contributed by atoms with Crippen molar-refractivity contribution in [3.63, 3.8) is 0 Å². The highest BCUT2D eigenvalue weighted by Crippen LogP contribution is 2.42. The zero-order chi connectivity index (χ0) is 26.8. The van der Waals surface area contributed by atoms with Crippen molar-refractivity contribution < 1.29 is 26.4 Å². The van der Waals surface area contributed by atoms with E-state index in [1.165, 1.54) is 24.7 Å². The van der Waals surface area contributed by atoms with Gasteiger partial charge in [-0.2, -0.15) is 13.2 Å². The molecule has 0 saturated heterocycles. The fourth-order valence-electron chi connectivity index (χ4n) is 5.60. The van der Waals surface area contributed by atoms with E-state index >= 15 is 0 Å². The van der Waals surface area contributed by atoms with E-state index in [-0.39, 0.29) is 42.1 Å². The van der Waals surface area contributed by atoms with E-state index in [9.17, 15) is 26.4 Å². The maximum atomic E-state index is 13.0. The van der Waals surface area contributed by atoms with Crippen LogP contribution in [0.5, 0.6) is 0 Å². The molecule has 1 amide bonds. The van der Waals surface area contributed by atoms with E-state index in [1.54, 1.807) is 12.1 Å². The minimum atomic E-state index is -4.09. The molecule has 2 aliphatic rings. The standard InChI is InChI=1S/C27H34F3N3O3S/c1-3-25-24-13-8-20(26(34)32-15-18-6-11-23(12-7-18)37(35,36)31-2)14-21(24)17-33(25)16-19-4-9-22(10-5-19)27(28,29)30/h6-8,11-14,19,22,25,31H,3-5,9-10,15-17H2,1-2H3,(H,32,34)/t19?,22?,25-/m0/s1. The summed E-state index contributed by atoms with van der Waals surface area (Å²) in [4.78, 5) is 15.3. The Bertz CT molecular complexity index is 1210. The van der Waals surface area contributed by atoms with Crippen LogP contribution in [0.4, 0.5) is 13.2 Å². The smallest absolute Gasteiger partial charge is 0.348 e. The highest BCUT2D eigenvalue weighted by atomic mass is 32.2. The summed E-state index contributed by atoms with van der Waals surface area (Å²) in [5.74, 6) is -1.12. The van der Waals surface area contributed by atoms with Crippen LogP contribution < -0.4 is 10.0 Å². The minimum Gasteiger partial charge on any atom is -0.348 e. The molecule has 4 rings (SSSR count). The summed E-state index contributed by atoms with van der Waals surface area (Å²) in [5, 5.41) is 2.89. The van der Waals surface area contributed by atoms with Gasteiger partial charge in [-0.15, -0.1) is 0 Å². The largest absolute Gasteiger partial charge is 0.391 e. The summed E-state index contributed by atoms with van der Waals surface area (Å²) in [6.45, 7) is 3.84. The number of amides is 1. The van der Waals surface area contributed by atoms with Crippen LogP contribution in [0.2, 0.25) is 0 Å². The first-order valence-corrected chi connectivity index (χ1v) is 14.2. The first-order chi connectivity index (χ1) is 17.5. The molecule has 1 aliphatic carbocycles. The van der Waals surface area contributed by atoms with Gasteiger partial charge in [0.2, 0.25) is 10.0 Å². The van der Waals surface area contributed by atoms with Crippen LogP contribution in [0.3, 0.4) is 0 Å². The number of rotatable bonds is 8. The summed E-state index contributed by atoms with van der Waals surface area (Å²) in [5.41, 5.74) is 3.60. The maximum Gasteiger partial charge on any atom is 0.391 e. The van der Waals surface area contributed by atoms with E-state index in [2.05, 4.69) is 21.9 Å². The number of fused-ring (bicyclic) bond motifs is 1. The molecule has 0 aromatic heterocycles. The number of carbonyl (C=O) groups excluding carboxylic acids is 1. The van der Waals surface area contributed by atoms with Crippen LogP contribution in [0.15, 0.2) is 47.4 Å². The lowest BCUT2D eigenvalue weighted by molar-refractivity contribution is -0.184. The molecule has 37 heavy (non-hydrogen) atoms. The second kappa shape index (κ2) is 11.1. The summed E-state index contributed by atoms with van der Waals surface area (Å²) in [7, 11) is -2.16. The number of nitrogens with zero attached hydrogens (tertiary/aromatic N) is 1. The topological polar surface area (TPSA) is 78.5 Å².